The Morgan fingerprint density at radius 2 is 2.05 bits per heavy atom. The summed E-state index contributed by atoms with van der Waals surface area (Å²) in [5.41, 5.74) is 0. The van der Waals surface area contributed by atoms with Gasteiger partial charge in [-0.3, -0.25) is 0 Å². The number of hydrogen-bond acceptors (Lipinski definition) is 2. The lowest BCUT2D eigenvalue weighted by Gasteiger charge is -2.13. The molecule has 1 atom stereocenters. The minimum absolute atomic E-state index is 0.289. The second-order valence-electron chi connectivity index (χ2n) is 5.20. The van der Waals surface area contributed by atoms with E-state index in [0.717, 1.165) is 17.6 Å². The first-order valence-electron chi connectivity index (χ1n) is 6.82. The van der Waals surface area contributed by atoms with Gasteiger partial charge in [-0.2, -0.15) is 0 Å². The fourth-order valence-electron chi connectivity index (χ4n) is 2.61. The topological polar surface area (TPSA) is 49.8 Å². The fourth-order valence-corrected chi connectivity index (χ4v) is 2.61. The van der Waals surface area contributed by atoms with Crippen LogP contribution in [0.3, 0.4) is 0 Å². The Hall–Kier alpha value is -2.23. The molecule has 1 amide bonds. The van der Waals surface area contributed by atoms with Gasteiger partial charge >= 0.3 is 6.09 Å². The van der Waals surface area contributed by atoms with E-state index in [1.807, 2.05) is 30.3 Å². The lowest BCUT2D eigenvalue weighted by molar-refractivity contribution is 0.151. The number of rotatable bonds is 3. The molecule has 0 aromatic heterocycles. The Balaban J connectivity index is 1.61. The highest BCUT2D eigenvalue weighted by Gasteiger charge is 2.26. The van der Waals surface area contributed by atoms with Crippen LogP contribution in [-0.2, 0) is 0 Å². The maximum atomic E-state index is 10.9. The average molecular weight is 271 g/mol. The molecule has 2 aromatic carbocycles. The molecule has 0 bridgehead atoms. The van der Waals surface area contributed by atoms with E-state index in [2.05, 4.69) is 12.1 Å². The zero-order valence-corrected chi connectivity index (χ0v) is 11.2. The maximum Gasteiger partial charge on any atom is 0.407 e. The van der Waals surface area contributed by atoms with Crippen molar-refractivity contribution in [1.82, 2.24) is 4.90 Å². The molecule has 1 aliphatic heterocycles. The minimum Gasteiger partial charge on any atom is -0.493 e. The predicted octanol–water partition coefficient (Wildman–Crippen LogP) is 3.22. The van der Waals surface area contributed by atoms with Crippen LogP contribution < -0.4 is 4.74 Å². The van der Waals surface area contributed by atoms with E-state index in [1.165, 1.54) is 10.3 Å². The molecular formula is C16H17NO3. The third-order valence-corrected chi connectivity index (χ3v) is 3.76. The quantitative estimate of drug-likeness (QED) is 0.932. The first kappa shape index (κ1) is 12.8. The standard InChI is InChI=1S/C16H17NO3/c18-16(19)17-8-7-12(10-17)11-20-15-6-5-13-3-1-2-4-14(13)9-15/h1-6,9,12H,7-8,10-11H2,(H,18,19)/t12-/m0/s1. The van der Waals surface area contributed by atoms with Crippen molar-refractivity contribution in [1.29, 1.82) is 0 Å². The zero-order valence-electron chi connectivity index (χ0n) is 11.2. The van der Waals surface area contributed by atoms with Crippen molar-refractivity contribution in [3.8, 4) is 5.75 Å². The molecule has 1 N–H and O–H groups in total. The van der Waals surface area contributed by atoms with E-state index < -0.39 is 6.09 Å². The van der Waals surface area contributed by atoms with Gasteiger partial charge < -0.3 is 14.7 Å². The Morgan fingerprint density at radius 1 is 1.25 bits per heavy atom. The largest absolute Gasteiger partial charge is 0.493 e. The Kier molecular flexibility index (Phi) is 3.46. The van der Waals surface area contributed by atoms with Crippen LogP contribution in [0.4, 0.5) is 4.79 Å². The first-order valence-corrected chi connectivity index (χ1v) is 6.82. The number of ether oxygens (including phenoxy) is 1. The van der Waals surface area contributed by atoms with Crippen molar-refractivity contribution in [2.75, 3.05) is 19.7 Å². The number of nitrogens with zero attached hydrogens (tertiary/aromatic N) is 1. The van der Waals surface area contributed by atoms with Crippen molar-refractivity contribution >= 4 is 16.9 Å². The predicted molar refractivity (Wildman–Crippen MR) is 77.1 cm³/mol. The highest BCUT2D eigenvalue weighted by molar-refractivity contribution is 5.83. The lowest BCUT2D eigenvalue weighted by Crippen LogP contribution is -2.27. The summed E-state index contributed by atoms with van der Waals surface area (Å²) in [6.45, 7) is 1.76. The van der Waals surface area contributed by atoms with Crippen molar-refractivity contribution in [3.05, 3.63) is 42.5 Å². The van der Waals surface area contributed by atoms with E-state index in [9.17, 15) is 4.79 Å². The van der Waals surface area contributed by atoms with Crippen LogP contribution in [0.5, 0.6) is 5.75 Å². The molecule has 0 unspecified atom stereocenters. The molecule has 1 saturated heterocycles. The van der Waals surface area contributed by atoms with Crippen molar-refractivity contribution < 1.29 is 14.6 Å². The van der Waals surface area contributed by atoms with Crippen LogP contribution in [0.1, 0.15) is 6.42 Å². The van der Waals surface area contributed by atoms with Gasteiger partial charge in [-0.15, -0.1) is 0 Å². The van der Waals surface area contributed by atoms with E-state index in [4.69, 9.17) is 9.84 Å². The number of fused-ring (bicyclic) bond motifs is 1. The summed E-state index contributed by atoms with van der Waals surface area (Å²) in [4.78, 5) is 12.3. The number of carboxylic acid groups (broad SMARTS) is 1. The second kappa shape index (κ2) is 5.41. The normalized spacial score (nSPS) is 18.4. The van der Waals surface area contributed by atoms with Crippen LogP contribution in [0, 0.1) is 5.92 Å². The molecule has 1 fully saturated rings. The number of likely N-dealkylation sites (tertiary alicyclic amines) is 1. The van der Waals surface area contributed by atoms with E-state index in [0.29, 0.717) is 19.7 Å². The summed E-state index contributed by atoms with van der Waals surface area (Å²) in [5.74, 6) is 1.13. The third kappa shape index (κ3) is 2.69. The van der Waals surface area contributed by atoms with Crippen LogP contribution in [0.2, 0.25) is 0 Å². The molecule has 1 aliphatic rings. The van der Waals surface area contributed by atoms with Crippen molar-refractivity contribution in [3.63, 3.8) is 0 Å². The van der Waals surface area contributed by atoms with Crippen LogP contribution in [0.15, 0.2) is 42.5 Å². The molecule has 0 saturated carbocycles. The van der Waals surface area contributed by atoms with Crippen LogP contribution >= 0.6 is 0 Å². The van der Waals surface area contributed by atoms with Gasteiger partial charge in [0.05, 0.1) is 6.61 Å². The van der Waals surface area contributed by atoms with Gasteiger partial charge in [0.15, 0.2) is 0 Å². The molecule has 104 valence electrons. The average Bonchev–Trinajstić information content (AvgIpc) is 2.94. The molecular weight excluding hydrogens is 254 g/mol. The van der Waals surface area contributed by atoms with Gasteiger partial charge in [0.2, 0.25) is 0 Å². The summed E-state index contributed by atoms with van der Waals surface area (Å²) in [6.07, 6.45) is 0.0399. The van der Waals surface area contributed by atoms with E-state index in [1.54, 1.807) is 0 Å². The Morgan fingerprint density at radius 3 is 2.80 bits per heavy atom. The minimum atomic E-state index is -0.835. The number of amides is 1. The maximum absolute atomic E-state index is 10.9. The Bertz CT molecular complexity index is 626. The summed E-state index contributed by atoms with van der Waals surface area (Å²) in [6, 6.07) is 14.2. The number of carbonyl (C=O) groups is 1. The Labute approximate surface area is 117 Å². The molecule has 0 spiro atoms. The van der Waals surface area contributed by atoms with Gasteiger partial charge in [-0.05, 0) is 29.3 Å². The van der Waals surface area contributed by atoms with Crippen molar-refractivity contribution in [2.24, 2.45) is 5.92 Å². The van der Waals surface area contributed by atoms with Crippen LogP contribution in [-0.4, -0.2) is 35.8 Å². The van der Waals surface area contributed by atoms with Gasteiger partial charge in [0.1, 0.15) is 5.75 Å². The van der Waals surface area contributed by atoms with E-state index >= 15 is 0 Å². The first-order chi connectivity index (χ1) is 9.72. The second-order valence-corrected chi connectivity index (χ2v) is 5.20. The third-order valence-electron chi connectivity index (χ3n) is 3.76. The van der Waals surface area contributed by atoms with Crippen molar-refractivity contribution in [2.45, 2.75) is 6.42 Å². The summed E-state index contributed by atoms with van der Waals surface area (Å²) >= 11 is 0. The highest BCUT2D eigenvalue weighted by atomic mass is 16.5. The number of benzene rings is 2. The molecule has 20 heavy (non-hydrogen) atoms. The molecule has 2 aromatic rings. The smallest absolute Gasteiger partial charge is 0.407 e. The molecule has 3 rings (SSSR count). The lowest BCUT2D eigenvalue weighted by atomic mass is 10.1. The summed E-state index contributed by atoms with van der Waals surface area (Å²) in [5, 5.41) is 11.3. The summed E-state index contributed by atoms with van der Waals surface area (Å²) in [7, 11) is 0. The molecule has 0 aliphatic carbocycles. The van der Waals surface area contributed by atoms with Crippen LogP contribution in [0.25, 0.3) is 10.8 Å². The summed E-state index contributed by atoms with van der Waals surface area (Å²) < 4.78 is 5.81. The van der Waals surface area contributed by atoms with Gasteiger partial charge in [-0.1, -0.05) is 30.3 Å². The zero-order chi connectivity index (χ0) is 13.9. The molecule has 4 nitrogen and oxygen atoms in total. The SMILES string of the molecule is O=C(O)N1CC[C@H](COc2ccc3ccccc3c2)C1. The van der Waals surface area contributed by atoms with Gasteiger partial charge in [-0.25, -0.2) is 4.79 Å². The van der Waals surface area contributed by atoms with Gasteiger partial charge in [0, 0.05) is 19.0 Å². The molecule has 4 heteroatoms. The fraction of sp³-hybridized carbons (Fsp3) is 0.312. The van der Waals surface area contributed by atoms with E-state index in [-0.39, 0.29) is 5.92 Å². The molecule has 1 heterocycles. The highest BCUT2D eigenvalue weighted by Crippen LogP contribution is 2.22. The number of hydrogen-bond donors (Lipinski definition) is 1. The van der Waals surface area contributed by atoms with Gasteiger partial charge in [0.25, 0.3) is 0 Å². The molecule has 0 radical (unpaired) electrons. The monoisotopic (exact) mass is 271 g/mol.